The van der Waals surface area contributed by atoms with Crippen molar-refractivity contribution < 1.29 is 4.79 Å². The summed E-state index contributed by atoms with van der Waals surface area (Å²) in [5.74, 6) is 1.29. The zero-order valence-electron chi connectivity index (χ0n) is 10.0. The molecule has 2 aliphatic carbocycles. The van der Waals surface area contributed by atoms with E-state index in [0.717, 1.165) is 12.3 Å². The number of nitrogen functional groups attached to an aromatic ring is 1. The first kappa shape index (κ1) is 11.8. The van der Waals surface area contributed by atoms with Crippen molar-refractivity contribution >= 4 is 23.2 Å². The lowest BCUT2D eigenvalue weighted by Crippen LogP contribution is -2.38. The third-order valence-corrected chi connectivity index (χ3v) is 4.46. The van der Waals surface area contributed by atoms with E-state index < -0.39 is 0 Å². The zero-order chi connectivity index (χ0) is 12.7. The molecule has 0 aliphatic heterocycles. The average molecular weight is 266 g/mol. The van der Waals surface area contributed by atoms with Crippen molar-refractivity contribution in [2.45, 2.75) is 31.7 Å². The lowest BCUT2D eigenvalue weighted by molar-refractivity contribution is 0.0923. The molecule has 0 saturated heterocycles. The fourth-order valence-electron chi connectivity index (χ4n) is 3.29. The second kappa shape index (κ2) is 4.43. The van der Waals surface area contributed by atoms with Gasteiger partial charge in [0, 0.05) is 6.04 Å². The molecule has 4 nitrogen and oxygen atoms in total. The van der Waals surface area contributed by atoms with E-state index in [2.05, 4.69) is 10.3 Å². The summed E-state index contributed by atoms with van der Waals surface area (Å²) in [4.78, 5) is 16.1. The van der Waals surface area contributed by atoms with E-state index in [1.54, 1.807) is 6.07 Å². The molecule has 3 atom stereocenters. The molecule has 1 aromatic rings. The fourth-order valence-corrected chi connectivity index (χ4v) is 3.48. The topological polar surface area (TPSA) is 68.0 Å². The Balaban J connectivity index is 1.73. The number of hydrogen-bond donors (Lipinski definition) is 2. The third-order valence-electron chi connectivity index (χ3n) is 4.16. The van der Waals surface area contributed by atoms with Crippen LogP contribution in [0.15, 0.2) is 12.3 Å². The van der Waals surface area contributed by atoms with Crippen LogP contribution in [0.2, 0.25) is 5.15 Å². The van der Waals surface area contributed by atoms with Gasteiger partial charge in [-0.25, -0.2) is 4.98 Å². The number of anilines is 1. The molecule has 0 spiro atoms. The average Bonchev–Trinajstić information content (AvgIpc) is 2.94. The molecule has 3 N–H and O–H groups in total. The van der Waals surface area contributed by atoms with Crippen molar-refractivity contribution in [1.29, 1.82) is 0 Å². The summed E-state index contributed by atoms with van der Waals surface area (Å²) in [7, 11) is 0. The van der Waals surface area contributed by atoms with Crippen LogP contribution in [0, 0.1) is 11.8 Å². The van der Waals surface area contributed by atoms with Gasteiger partial charge in [-0.3, -0.25) is 4.79 Å². The highest BCUT2D eigenvalue weighted by atomic mass is 35.5. The molecule has 3 rings (SSSR count). The molecule has 0 radical (unpaired) electrons. The number of fused-ring (bicyclic) bond motifs is 2. The van der Waals surface area contributed by atoms with Gasteiger partial charge in [-0.1, -0.05) is 18.0 Å². The van der Waals surface area contributed by atoms with Gasteiger partial charge >= 0.3 is 0 Å². The SMILES string of the molecule is Nc1cnc(Cl)c(C(=O)NC2CC3CCC2C3)c1. The van der Waals surface area contributed by atoms with E-state index in [9.17, 15) is 4.79 Å². The van der Waals surface area contributed by atoms with Crippen molar-refractivity contribution in [3.05, 3.63) is 23.0 Å². The monoisotopic (exact) mass is 265 g/mol. The molecule has 3 unspecified atom stereocenters. The van der Waals surface area contributed by atoms with Gasteiger partial charge in [0.2, 0.25) is 0 Å². The number of rotatable bonds is 2. The van der Waals surface area contributed by atoms with Gasteiger partial charge in [0.25, 0.3) is 5.91 Å². The zero-order valence-corrected chi connectivity index (χ0v) is 10.8. The Morgan fingerprint density at radius 3 is 2.94 bits per heavy atom. The molecule has 1 heterocycles. The van der Waals surface area contributed by atoms with E-state index in [-0.39, 0.29) is 11.1 Å². The highest BCUT2D eigenvalue weighted by Gasteiger charge is 2.40. The van der Waals surface area contributed by atoms with Gasteiger partial charge in [-0.15, -0.1) is 0 Å². The van der Waals surface area contributed by atoms with Crippen molar-refractivity contribution in [1.82, 2.24) is 10.3 Å². The van der Waals surface area contributed by atoms with Crippen LogP contribution < -0.4 is 11.1 Å². The summed E-state index contributed by atoms with van der Waals surface area (Å²) in [6.45, 7) is 0. The quantitative estimate of drug-likeness (QED) is 0.806. The number of halogens is 1. The van der Waals surface area contributed by atoms with Gasteiger partial charge in [0.15, 0.2) is 0 Å². The lowest BCUT2D eigenvalue weighted by Gasteiger charge is -2.23. The number of nitrogens with zero attached hydrogens (tertiary/aromatic N) is 1. The largest absolute Gasteiger partial charge is 0.397 e. The minimum Gasteiger partial charge on any atom is -0.397 e. The summed E-state index contributed by atoms with van der Waals surface area (Å²) in [6.07, 6.45) is 6.37. The molecular formula is C13H16ClN3O. The Morgan fingerprint density at radius 2 is 2.28 bits per heavy atom. The predicted molar refractivity (Wildman–Crippen MR) is 70.4 cm³/mol. The highest BCUT2D eigenvalue weighted by Crippen LogP contribution is 2.44. The number of hydrogen-bond acceptors (Lipinski definition) is 3. The van der Waals surface area contributed by atoms with E-state index >= 15 is 0 Å². The number of amides is 1. The number of carbonyl (C=O) groups is 1. The molecule has 96 valence electrons. The Morgan fingerprint density at radius 1 is 1.44 bits per heavy atom. The molecule has 18 heavy (non-hydrogen) atoms. The van der Waals surface area contributed by atoms with E-state index in [1.807, 2.05) is 0 Å². The number of nitrogens with one attached hydrogen (secondary N) is 1. The maximum atomic E-state index is 12.2. The van der Waals surface area contributed by atoms with Crippen LogP contribution >= 0.6 is 11.6 Å². The first-order valence-electron chi connectivity index (χ1n) is 6.35. The molecular weight excluding hydrogens is 250 g/mol. The van der Waals surface area contributed by atoms with Crippen LogP contribution in [0.3, 0.4) is 0 Å². The second-order valence-electron chi connectivity index (χ2n) is 5.36. The number of carbonyl (C=O) groups excluding carboxylic acids is 1. The van der Waals surface area contributed by atoms with Crippen LogP contribution in [0.5, 0.6) is 0 Å². The van der Waals surface area contributed by atoms with Crippen LogP contribution in [0.25, 0.3) is 0 Å². The van der Waals surface area contributed by atoms with Crippen LogP contribution in [-0.2, 0) is 0 Å². The second-order valence-corrected chi connectivity index (χ2v) is 5.72. The minimum absolute atomic E-state index is 0.155. The van der Waals surface area contributed by atoms with Gasteiger partial charge in [-0.05, 0) is 37.2 Å². The predicted octanol–water partition coefficient (Wildman–Crippen LogP) is 2.24. The van der Waals surface area contributed by atoms with E-state index in [1.165, 1.54) is 25.5 Å². The third kappa shape index (κ3) is 2.05. The van der Waals surface area contributed by atoms with Gasteiger partial charge in [0.05, 0.1) is 17.4 Å². The summed E-state index contributed by atoms with van der Waals surface area (Å²) in [5.41, 5.74) is 6.46. The summed E-state index contributed by atoms with van der Waals surface area (Å²) in [6, 6.07) is 1.88. The molecule has 0 aromatic carbocycles. The Bertz CT molecular complexity index is 491. The normalized spacial score (nSPS) is 29.5. The van der Waals surface area contributed by atoms with Gasteiger partial charge in [0.1, 0.15) is 5.15 Å². The standard InChI is InChI=1S/C13H16ClN3O/c14-12-10(5-9(15)6-16-12)13(18)17-11-4-7-1-2-8(11)3-7/h5-8,11H,1-4,15H2,(H,17,18). The van der Waals surface area contributed by atoms with Gasteiger partial charge in [-0.2, -0.15) is 0 Å². The number of aromatic nitrogens is 1. The first-order valence-corrected chi connectivity index (χ1v) is 6.73. The minimum atomic E-state index is -0.155. The number of nitrogens with two attached hydrogens (primary N) is 1. The maximum Gasteiger partial charge on any atom is 0.254 e. The molecule has 2 fully saturated rings. The highest BCUT2D eigenvalue weighted by molar-refractivity contribution is 6.32. The maximum absolute atomic E-state index is 12.2. The summed E-state index contributed by atoms with van der Waals surface area (Å²) in [5, 5.41) is 3.29. The van der Waals surface area contributed by atoms with Crippen molar-refractivity contribution in [2.75, 3.05) is 5.73 Å². The smallest absolute Gasteiger partial charge is 0.254 e. The molecule has 2 aliphatic rings. The van der Waals surface area contributed by atoms with Gasteiger partial charge < -0.3 is 11.1 Å². The summed E-state index contributed by atoms with van der Waals surface area (Å²) >= 11 is 5.93. The molecule has 2 saturated carbocycles. The van der Waals surface area contributed by atoms with Crippen LogP contribution in [0.4, 0.5) is 5.69 Å². The van der Waals surface area contributed by atoms with Crippen molar-refractivity contribution in [3.63, 3.8) is 0 Å². The lowest BCUT2D eigenvalue weighted by atomic mass is 9.95. The van der Waals surface area contributed by atoms with E-state index in [0.29, 0.717) is 23.2 Å². The number of pyridine rings is 1. The summed E-state index contributed by atoms with van der Waals surface area (Å²) < 4.78 is 0. The first-order chi connectivity index (χ1) is 8.63. The van der Waals surface area contributed by atoms with Crippen LogP contribution in [0.1, 0.15) is 36.0 Å². The van der Waals surface area contributed by atoms with Crippen molar-refractivity contribution in [2.24, 2.45) is 11.8 Å². The van der Waals surface area contributed by atoms with Crippen LogP contribution in [-0.4, -0.2) is 16.9 Å². The Hall–Kier alpha value is -1.29. The Labute approximate surface area is 111 Å². The molecule has 5 heteroatoms. The molecule has 1 amide bonds. The molecule has 2 bridgehead atoms. The Kier molecular flexibility index (Phi) is 2.90. The van der Waals surface area contributed by atoms with Crippen molar-refractivity contribution in [3.8, 4) is 0 Å². The molecule has 1 aromatic heterocycles. The fraction of sp³-hybridized carbons (Fsp3) is 0.538. The van der Waals surface area contributed by atoms with E-state index in [4.69, 9.17) is 17.3 Å².